The van der Waals surface area contributed by atoms with Crippen molar-refractivity contribution in [2.75, 3.05) is 5.32 Å². The summed E-state index contributed by atoms with van der Waals surface area (Å²) in [7, 11) is 1.77. The lowest BCUT2D eigenvalue weighted by atomic mass is 10.2. The second-order valence-electron chi connectivity index (χ2n) is 4.16. The molecule has 0 saturated heterocycles. The molecular formula is C13H19BrFN3O. The van der Waals surface area contributed by atoms with Gasteiger partial charge in [0, 0.05) is 25.2 Å². The molecule has 0 bridgehead atoms. The molecule has 1 aromatic rings. The van der Waals surface area contributed by atoms with Gasteiger partial charge in [-0.1, -0.05) is 19.9 Å². The van der Waals surface area contributed by atoms with Crippen LogP contribution < -0.4 is 5.32 Å². The van der Waals surface area contributed by atoms with Gasteiger partial charge >= 0.3 is 0 Å². The van der Waals surface area contributed by atoms with Crippen molar-refractivity contribution in [2.45, 2.75) is 31.3 Å². The lowest BCUT2D eigenvalue weighted by Crippen LogP contribution is -2.08. The van der Waals surface area contributed by atoms with Crippen molar-refractivity contribution in [2.24, 2.45) is 13.0 Å². The number of amides is 1. The number of nitrogens with zero attached hydrogens (tertiary/aromatic N) is 2. The quantitative estimate of drug-likeness (QED) is 0.678. The molecule has 2 rings (SSSR count). The number of alkyl halides is 2. The molecule has 1 N–H and O–H groups in total. The number of carbonyl (C=O) groups is 1. The number of aromatic nitrogens is 2. The number of aryl methyl sites for hydroxylation is 1. The molecule has 1 aliphatic rings. The average molecular weight is 332 g/mol. The maximum Gasteiger partial charge on any atom is 0.249 e. The van der Waals surface area contributed by atoms with E-state index in [2.05, 4.69) is 26.3 Å². The summed E-state index contributed by atoms with van der Waals surface area (Å²) in [6.07, 6.45) is 5.92. The van der Waals surface area contributed by atoms with Gasteiger partial charge in [-0.3, -0.25) is 9.48 Å². The van der Waals surface area contributed by atoms with E-state index in [-0.39, 0.29) is 11.8 Å². The van der Waals surface area contributed by atoms with E-state index in [4.69, 9.17) is 0 Å². The number of halogens is 2. The standard InChI is InChI=1S/C11H13BrFN3O.C2H6/c1-16-6-5-9(15-16)14-10(17)4-2-3-8-7-11(8,12)13;1-2/h2,4-6,8H,3,7H2,1H3,(H,14,15,17);1-2H3/b4-2+;. The molecule has 2 unspecified atom stereocenters. The Bertz CT molecular complexity index is 456. The monoisotopic (exact) mass is 331 g/mol. The minimum absolute atomic E-state index is 0.0126. The molecular weight excluding hydrogens is 313 g/mol. The molecule has 4 nitrogen and oxygen atoms in total. The van der Waals surface area contributed by atoms with Crippen LogP contribution >= 0.6 is 15.9 Å². The number of allylic oxidation sites excluding steroid dienone is 1. The first kappa shape index (κ1) is 15.9. The van der Waals surface area contributed by atoms with Crippen LogP contribution in [0.25, 0.3) is 0 Å². The van der Waals surface area contributed by atoms with Crippen LogP contribution in [-0.4, -0.2) is 20.3 Å². The molecule has 6 heteroatoms. The highest BCUT2D eigenvalue weighted by molar-refractivity contribution is 9.10. The van der Waals surface area contributed by atoms with Crippen molar-refractivity contribution < 1.29 is 9.18 Å². The lowest BCUT2D eigenvalue weighted by Gasteiger charge is -1.96. The van der Waals surface area contributed by atoms with E-state index in [0.29, 0.717) is 18.7 Å². The zero-order valence-electron chi connectivity index (χ0n) is 11.4. The van der Waals surface area contributed by atoms with Gasteiger partial charge in [-0.15, -0.1) is 0 Å². The predicted molar refractivity (Wildman–Crippen MR) is 77.8 cm³/mol. The summed E-state index contributed by atoms with van der Waals surface area (Å²) < 4.78 is 13.5. The topological polar surface area (TPSA) is 46.9 Å². The van der Waals surface area contributed by atoms with Crippen LogP contribution in [0.3, 0.4) is 0 Å². The molecule has 0 aliphatic heterocycles. The molecule has 0 spiro atoms. The molecule has 1 aliphatic carbocycles. The summed E-state index contributed by atoms with van der Waals surface area (Å²) in [6.45, 7) is 4.00. The molecule has 1 fully saturated rings. The summed E-state index contributed by atoms with van der Waals surface area (Å²) >= 11 is 2.96. The SMILES string of the molecule is CC.Cn1ccc(NC(=O)/C=C/CC2CC2(F)Br)n1. The zero-order chi connectivity index (χ0) is 14.5. The summed E-state index contributed by atoms with van der Waals surface area (Å²) in [4.78, 5) is 11.4. The van der Waals surface area contributed by atoms with Gasteiger partial charge in [0.2, 0.25) is 5.91 Å². The fraction of sp³-hybridized carbons (Fsp3) is 0.538. The van der Waals surface area contributed by atoms with E-state index in [1.54, 1.807) is 30.1 Å². The van der Waals surface area contributed by atoms with Crippen molar-refractivity contribution in [3.05, 3.63) is 24.4 Å². The van der Waals surface area contributed by atoms with Crippen molar-refractivity contribution in [1.29, 1.82) is 0 Å². The highest BCUT2D eigenvalue weighted by Crippen LogP contribution is 2.54. The molecule has 1 saturated carbocycles. The van der Waals surface area contributed by atoms with Crippen LogP contribution in [0.4, 0.5) is 10.2 Å². The van der Waals surface area contributed by atoms with Crippen LogP contribution in [0.1, 0.15) is 26.7 Å². The third-order valence-corrected chi connectivity index (χ3v) is 3.58. The van der Waals surface area contributed by atoms with Gasteiger partial charge in [0.25, 0.3) is 0 Å². The van der Waals surface area contributed by atoms with Gasteiger partial charge in [0.05, 0.1) is 0 Å². The van der Waals surface area contributed by atoms with E-state index >= 15 is 0 Å². The Morgan fingerprint density at radius 1 is 1.74 bits per heavy atom. The second kappa shape index (κ2) is 6.84. The van der Waals surface area contributed by atoms with Gasteiger partial charge < -0.3 is 5.32 Å². The van der Waals surface area contributed by atoms with Gasteiger partial charge in [-0.05, 0) is 34.8 Å². The maximum absolute atomic E-state index is 13.1. The number of nitrogens with one attached hydrogen (secondary N) is 1. The molecule has 106 valence electrons. The van der Waals surface area contributed by atoms with Crippen LogP contribution in [0.15, 0.2) is 24.4 Å². The Morgan fingerprint density at radius 2 is 2.37 bits per heavy atom. The van der Waals surface area contributed by atoms with E-state index in [9.17, 15) is 9.18 Å². The van der Waals surface area contributed by atoms with Crippen molar-refractivity contribution >= 4 is 27.7 Å². The maximum atomic E-state index is 13.1. The molecule has 0 aromatic carbocycles. The molecule has 0 radical (unpaired) electrons. The fourth-order valence-corrected chi connectivity index (χ4v) is 2.09. The van der Waals surface area contributed by atoms with Gasteiger partial charge in [0.15, 0.2) is 10.4 Å². The molecule has 1 amide bonds. The normalized spacial score (nSPS) is 24.8. The summed E-state index contributed by atoms with van der Waals surface area (Å²) in [5, 5.41) is 6.63. The Balaban J connectivity index is 0.000000861. The van der Waals surface area contributed by atoms with E-state index in [0.717, 1.165) is 0 Å². The van der Waals surface area contributed by atoms with Crippen LogP contribution in [0.5, 0.6) is 0 Å². The van der Waals surface area contributed by atoms with Gasteiger partial charge in [-0.25, -0.2) is 4.39 Å². The van der Waals surface area contributed by atoms with E-state index in [1.807, 2.05) is 13.8 Å². The van der Waals surface area contributed by atoms with Crippen molar-refractivity contribution in [3.8, 4) is 0 Å². The highest BCUT2D eigenvalue weighted by atomic mass is 79.9. The van der Waals surface area contributed by atoms with Gasteiger partial charge in [0.1, 0.15) is 0 Å². The van der Waals surface area contributed by atoms with Crippen LogP contribution in [0.2, 0.25) is 0 Å². The highest BCUT2D eigenvalue weighted by Gasteiger charge is 2.52. The van der Waals surface area contributed by atoms with Gasteiger partial charge in [-0.2, -0.15) is 5.10 Å². The van der Waals surface area contributed by atoms with Crippen molar-refractivity contribution in [3.63, 3.8) is 0 Å². The van der Waals surface area contributed by atoms with Crippen LogP contribution in [0, 0.1) is 5.92 Å². The Morgan fingerprint density at radius 3 is 2.84 bits per heavy atom. The average Bonchev–Trinajstić information content (AvgIpc) is 2.76. The van der Waals surface area contributed by atoms with Crippen LogP contribution in [-0.2, 0) is 11.8 Å². The molecule has 2 atom stereocenters. The first-order valence-electron chi connectivity index (χ1n) is 6.32. The number of anilines is 1. The molecule has 19 heavy (non-hydrogen) atoms. The van der Waals surface area contributed by atoms with E-state index in [1.165, 1.54) is 6.08 Å². The largest absolute Gasteiger partial charge is 0.306 e. The Hall–Kier alpha value is -1.17. The zero-order valence-corrected chi connectivity index (χ0v) is 12.9. The Kier molecular flexibility index (Phi) is 5.72. The minimum Gasteiger partial charge on any atom is -0.306 e. The summed E-state index contributed by atoms with van der Waals surface area (Å²) in [6, 6.07) is 1.71. The summed E-state index contributed by atoms with van der Waals surface area (Å²) in [5.41, 5.74) is 0. The second-order valence-corrected chi connectivity index (χ2v) is 5.48. The van der Waals surface area contributed by atoms with E-state index < -0.39 is 4.58 Å². The first-order valence-corrected chi connectivity index (χ1v) is 7.12. The predicted octanol–water partition coefficient (Wildman–Crippen LogP) is 3.41. The number of carbonyl (C=O) groups excluding carboxylic acids is 1. The Labute approximate surface area is 121 Å². The third kappa shape index (κ3) is 5.14. The third-order valence-electron chi connectivity index (χ3n) is 2.61. The molecule has 1 heterocycles. The smallest absolute Gasteiger partial charge is 0.249 e. The summed E-state index contributed by atoms with van der Waals surface area (Å²) in [5.74, 6) is 0.249. The first-order chi connectivity index (χ1) is 8.97. The number of hydrogen-bond acceptors (Lipinski definition) is 2. The molecule has 1 aromatic heterocycles. The van der Waals surface area contributed by atoms with Crippen molar-refractivity contribution in [1.82, 2.24) is 9.78 Å². The minimum atomic E-state index is -1.21. The fourth-order valence-electron chi connectivity index (χ4n) is 1.51. The number of rotatable bonds is 4. The lowest BCUT2D eigenvalue weighted by molar-refractivity contribution is -0.111. The number of hydrogen-bond donors (Lipinski definition) is 1.